The van der Waals surface area contributed by atoms with E-state index in [9.17, 15) is 4.79 Å². The second-order valence-electron chi connectivity index (χ2n) is 5.21. The van der Waals surface area contributed by atoms with E-state index in [1.54, 1.807) is 48.3 Å². The standard InChI is InChI=1S/C17H16ClN5O2/c1-23-15(6-7-20-23)14-9-13(10-19-16(14)25-2)22-17(24)21-12-5-3-4-11(18)8-12/h3-10H,1-2H3,(H2,21,22,24). The number of amides is 2. The molecule has 3 rings (SSSR count). The fourth-order valence-corrected chi connectivity index (χ4v) is 2.55. The average Bonchev–Trinajstić information content (AvgIpc) is 3.00. The van der Waals surface area contributed by atoms with Crippen molar-refractivity contribution in [2.75, 3.05) is 17.7 Å². The van der Waals surface area contributed by atoms with Gasteiger partial charge < -0.3 is 15.4 Å². The van der Waals surface area contributed by atoms with Crippen molar-refractivity contribution in [2.45, 2.75) is 0 Å². The topological polar surface area (TPSA) is 81.1 Å². The van der Waals surface area contributed by atoms with Crippen molar-refractivity contribution in [3.05, 3.63) is 53.8 Å². The third-order valence-corrected chi connectivity index (χ3v) is 3.72. The van der Waals surface area contributed by atoms with Crippen molar-refractivity contribution in [1.29, 1.82) is 0 Å². The third-order valence-electron chi connectivity index (χ3n) is 3.48. The lowest BCUT2D eigenvalue weighted by Crippen LogP contribution is -2.19. The number of ether oxygens (including phenoxy) is 1. The van der Waals surface area contributed by atoms with Crippen LogP contribution in [0.5, 0.6) is 5.88 Å². The Morgan fingerprint density at radius 2 is 2.00 bits per heavy atom. The quantitative estimate of drug-likeness (QED) is 0.744. The molecule has 2 heterocycles. The van der Waals surface area contributed by atoms with Crippen molar-refractivity contribution in [3.63, 3.8) is 0 Å². The number of hydrogen-bond donors (Lipinski definition) is 2. The summed E-state index contributed by atoms with van der Waals surface area (Å²) in [6, 6.07) is 10.1. The molecular weight excluding hydrogens is 342 g/mol. The van der Waals surface area contributed by atoms with E-state index in [2.05, 4.69) is 20.7 Å². The average molecular weight is 358 g/mol. The number of hydrogen-bond acceptors (Lipinski definition) is 4. The Labute approximate surface area is 149 Å². The molecule has 0 radical (unpaired) electrons. The molecule has 2 amide bonds. The molecule has 2 aromatic heterocycles. The number of nitrogens with zero attached hydrogens (tertiary/aromatic N) is 3. The molecular formula is C17H16ClN5O2. The lowest BCUT2D eigenvalue weighted by atomic mass is 10.2. The summed E-state index contributed by atoms with van der Waals surface area (Å²) in [6.07, 6.45) is 3.21. The summed E-state index contributed by atoms with van der Waals surface area (Å²) >= 11 is 5.91. The molecule has 0 bridgehead atoms. The molecule has 1 aromatic carbocycles. The van der Waals surface area contributed by atoms with Gasteiger partial charge in [0, 0.05) is 24.0 Å². The van der Waals surface area contributed by atoms with E-state index in [0.717, 1.165) is 11.3 Å². The van der Waals surface area contributed by atoms with Gasteiger partial charge in [-0.25, -0.2) is 9.78 Å². The van der Waals surface area contributed by atoms with Gasteiger partial charge in [0.15, 0.2) is 0 Å². The zero-order valence-electron chi connectivity index (χ0n) is 13.7. The minimum atomic E-state index is -0.398. The van der Waals surface area contributed by atoms with Gasteiger partial charge in [-0.1, -0.05) is 17.7 Å². The van der Waals surface area contributed by atoms with Crippen LogP contribution < -0.4 is 15.4 Å². The molecule has 0 spiro atoms. The molecule has 8 heteroatoms. The highest BCUT2D eigenvalue weighted by Crippen LogP contribution is 2.29. The first kappa shape index (κ1) is 16.8. The Morgan fingerprint density at radius 1 is 1.20 bits per heavy atom. The first-order valence-corrected chi connectivity index (χ1v) is 7.80. The van der Waals surface area contributed by atoms with Gasteiger partial charge in [0.2, 0.25) is 5.88 Å². The largest absolute Gasteiger partial charge is 0.481 e. The fourth-order valence-electron chi connectivity index (χ4n) is 2.36. The van der Waals surface area contributed by atoms with Crippen LogP contribution in [-0.2, 0) is 7.05 Å². The van der Waals surface area contributed by atoms with Gasteiger partial charge in [0.05, 0.1) is 30.3 Å². The molecule has 25 heavy (non-hydrogen) atoms. The molecule has 0 saturated carbocycles. The number of carbonyl (C=O) groups is 1. The van der Waals surface area contributed by atoms with Crippen molar-refractivity contribution in [1.82, 2.24) is 14.8 Å². The van der Waals surface area contributed by atoms with Crippen LogP contribution in [0.15, 0.2) is 48.8 Å². The molecule has 0 aliphatic heterocycles. The summed E-state index contributed by atoms with van der Waals surface area (Å²) in [5.74, 6) is 0.449. The monoisotopic (exact) mass is 357 g/mol. The number of aromatic nitrogens is 3. The second-order valence-corrected chi connectivity index (χ2v) is 5.65. The number of carbonyl (C=O) groups excluding carboxylic acids is 1. The maximum atomic E-state index is 12.2. The van der Waals surface area contributed by atoms with Crippen LogP contribution in [0, 0.1) is 0 Å². The smallest absolute Gasteiger partial charge is 0.323 e. The number of aryl methyl sites for hydroxylation is 1. The minimum Gasteiger partial charge on any atom is -0.481 e. The SMILES string of the molecule is COc1ncc(NC(=O)Nc2cccc(Cl)c2)cc1-c1ccnn1C. The van der Waals surface area contributed by atoms with Crippen molar-refractivity contribution >= 4 is 29.0 Å². The molecule has 0 saturated heterocycles. The molecule has 3 aromatic rings. The predicted molar refractivity (Wildman–Crippen MR) is 97.1 cm³/mol. The van der Waals surface area contributed by atoms with E-state index in [1.807, 2.05) is 13.1 Å². The summed E-state index contributed by atoms with van der Waals surface area (Å²) in [6.45, 7) is 0. The molecule has 0 aliphatic rings. The van der Waals surface area contributed by atoms with Gasteiger partial charge in [-0.3, -0.25) is 4.68 Å². The lowest BCUT2D eigenvalue weighted by molar-refractivity contribution is 0.262. The van der Waals surface area contributed by atoms with Crippen LogP contribution >= 0.6 is 11.6 Å². The van der Waals surface area contributed by atoms with E-state index in [1.165, 1.54) is 6.20 Å². The Kier molecular flexibility index (Phi) is 4.85. The van der Waals surface area contributed by atoms with E-state index < -0.39 is 6.03 Å². The second kappa shape index (κ2) is 7.23. The molecule has 0 aliphatic carbocycles. The third kappa shape index (κ3) is 3.89. The molecule has 128 valence electrons. The first-order chi connectivity index (χ1) is 12.1. The molecule has 0 unspecified atom stereocenters. The zero-order chi connectivity index (χ0) is 17.8. The first-order valence-electron chi connectivity index (χ1n) is 7.43. The van der Waals surface area contributed by atoms with Gasteiger partial charge in [-0.2, -0.15) is 5.10 Å². The van der Waals surface area contributed by atoms with E-state index in [0.29, 0.717) is 22.3 Å². The number of rotatable bonds is 4. The number of nitrogens with one attached hydrogen (secondary N) is 2. The minimum absolute atomic E-state index is 0.398. The Hall–Kier alpha value is -3.06. The predicted octanol–water partition coefficient (Wildman–Crippen LogP) is 3.79. The van der Waals surface area contributed by atoms with Crippen LogP contribution in [0.2, 0.25) is 5.02 Å². The van der Waals surface area contributed by atoms with Crippen LogP contribution in [0.3, 0.4) is 0 Å². The van der Waals surface area contributed by atoms with Crippen LogP contribution in [0.25, 0.3) is 11.3 Å². The summed E-state index contributed by atoms with van der Waals surface area (Å²) in [4.78, 5) is 16.4. The lowest BCUT2D eigenvalue weighted by Gasteiger charge is -2.12. The van der Waals surface area contributed by atoms with Gasteiger partial charge in [-0.15, -0.1) is 0 Å². The maximum absolute atomic E-state index is 12.2. The van der Waals surface area contributed by atoms with Crippen molar-refractivity contribution in [2.24, 2.45) is 7.05 Å². The highest BCUT2D eigenvalue weighted by atomic mass is 35.5. The van der Waals surface area contributed by atoms with E-state index in [-0.39, 0.29) is 0 Å². The highest BCUT2D eigenvalue weighted by molar-refractivity contribution is 6.30. The van der Waals surface area contributed by atoms with Gasteiger partial charge in [0.25, 0.3) is 0 Å². The highest BCUT2D eigenvalue weighted by Gasteiger charge is 2.13. The van der Waals surface area contributed by atoms with Gasteiger partial charge >= 0.3 is 6.03 Å². The molecule has 7 nitrogen and oxygen atoms in total. The number of halogens is 1. The maximum Gasteiger partial charge on any atom is 0.323 e. The van der Waals surface area contributed by atoms with E-state index >= 15 is 0 Å². The van der Waals surface area contributed by atoms with Gasteiger partial charge in [0.1, 0.15) is 0 Å². The summed E-state index contributed by atoms with van der Waals surface area (Å²) in [5, 5.41) is 10.1. The summed E-state index contributed by atoms with van der Waals surface area (Å²) in [5.41, 5.74) is 2.67. The number of pyridine rings is 1. The zero-order valence-corrected chi connectivity index (χ0v) is 14.4. The molecule has 2 N–H and O–H groups in total. The number of urea groups is 1. The van der Waals surface area contributed by atoms with Gasteiger partial charge in [-0.05, 0) is 30.3 Å². The van der Waals surface area contributed by atoms with Crippen molar-refractivity contribution < 1.29 is 9.53 Å². The Morgan fingerprint density at radius 3 is 2.68 bits per heavy atom. The van der Waals surface area contributed by atoms with Crippen molar-refractivity contribution in [3.8, 4) is 17.1 Å². The number of methoxy groups -OCH3 is 1. The normalized spacial score (nSPS) is 10.4. The number of anilines is 2. The van der Waals surface area contributed by atoms with Crippen LogP contribution in [0.4, 0.5) is 16.2 Å². The van der Waals surface area contributed by atoms with E-state index in [4.69, 9.17) is 16.3 Å². The summed E-state index contributed by atoms with van der Waals surface area (Å²) < 4.78 is 7.00. The van der Waals surface area contributed by atoms with Crippen LogP contribution in [-0.4, -0.2) is 27.9 Å². The molecule has 0 fully saturated rings. The fraction of sp³-hybridized carbons (Fsp3) is 0.118. The van der Waals surface area contributed by atoms with Crippen LogP contribution in [0.1, 0.15) is 0 Å². The molecule has 0 atom stereocenters. The number of benzene rings is 1. The Balaban J connectivity index is 1.81. The Bertz CT molecular complexity index is 910. The summed E-state index contributed by atoms with van der Waals surface area (Å²) in [7, 11) is 3.36.